The molecule has 11 heteroatoms. The Labute approximate surface area is 188 Å². The highest BCUT2D eigenvalue weighted by Gasteiger charge is 2.44. The van der Waals surface area contributed by atoms with Gasteiger partial charge in [0.25, 0.3) is 0 Å². The van der Waals surface area contributed by atoms with E-state index in [0.717, 1.165) is 24.2 Å². The fraction of sp³-hybridized carbons (Fsp3) is 0.571. The Morgan fingerprint density at radius 1 is 1.25 bits per heavy atom. The number of hydrogen-bond acceptors (Lipinski definition) is 7. The van der Waals surface area contributed by atoms with E-state index < -0.39 is 21.4 Å². The lowest BCUT2D eigenvalue weighted by atomic mass is 10.0. The van der Waals surface area contributed by atoms with Crippen LogP contribution in [0, 0.1) is 5.92 Å². The van der Waals surface area contributed by atoms with Gasteiger partial charge in [0.05, 0.1) is 30.3 Å². The third kappa shape index (κ3) is 5.04. The van der Waals surface area contributed by atoms with Crippen LogP contribution in [0.3, 0.4) is 0 Å². The number of pyridine rings is 1. The van der Waals surface area contributed by atoms with E-state index in [1.54, 1.807) is 30.5 Å². The van der Waals surface area contributed by atoms with Crippen molar-refractivity contribution in [2.75, 3.05) is 32.8 Å². The Hall–Kier alpha value is -2.66. The van der Waals surface area contributed by atoms with Crippen LogP contribution in [0.15, 0.2) is 30.6 Å². The highest BCUT2D eigenvalue weighted by molar-refractivity contribution is 7.89. The van der Waals surface area contributed by atoms with E-state index in [-0.39, 0.29) is 25.1 Å². The quantitative estimate of drug-likeness (QED) is 0.668. The van der Waals surface area contributed by atoms with Crippen molar-refractivity contribution in [1.82, 2.24) is 24.4 Å². The van der Waals surface area contributed by atoms with E-state index in [1.807, 2.05) is 18.2 Å². The molecule has 0 spiro atoms. The average molecular weight is 464 g/mol. The van der Waals surface area contributed by atoms with Gasteiger partial charge in [-0.15, -0.1) is 0 Å². The minimum atomic E-state index is -3.46. The number of H-pyrrole nitrogens is 1. The third-order valence-corrected chi connectivity index (χ3v) is 7.90. The highest BCUT2D eigenvalue weighted by Crippen LogP contribution is 2.27. The summed E-state index contributed by atoms with van der Waals surface area (Å²) in [6, 6.07) is 5.54. The molecule has 2 saturated heterocycles. The molecule has 2 aromatic rings. The normalized spacial score (nSPS) is 20.2. The molecule has 4 heterocycles. The number of amides is 1. The van der Waals surface area contributed by atoms with Gasteiger partial charge in [-0.3, -0.25) is 10.1 Å². The number of hydrogen-bond donors (Lipinski definition) is 1. The molecular weight excluding hydrogens is 434 g/mol. The lowest BCUT2D eigenvalue weighted by Gasteiger charge is -2.42. The van der Waals surface area contributed by atoms with Crippen molar-refractivity contribution in [3.05, 3.63) is 30.6 Å². The summed E-state index contributed by atoms with van der Waals surface area (Å²) in [6.07, 6.45) is 4.34. The van der Waals surface area contributed by atoms with E-state index >= 15 is 0 Å². The molecule has 0 aromatic carbocycles. The fourth-order valence-electron chi connectivity index (χ4n) is 3.89. The van der Waals surface area contributed by atoms with Crippen molar-refractivity contribution >= 4 is 16.1 Å². The molecule has 2 aliphatic heterocycles. The fourth-order valence-corrected chi connectivity index (χ4v) is 5.85. The van der Waals surface area contributed by atoms with Crippen molar-refractivity contribution in [3.63, 3.8) is 0 Å². The van der Waals surface area contributed by atoms with Crippen LogP contribution < -0.4 is 4.74 Å². The van der Waals surface area contributed by atoms with Crippen LogP contribution >= 0.6 is 0 Å². The molecule has 1 N–H and O–H groups in total. The summed E-state index contributed by atoms with van der Waals surface area (Å²) < 4.78 is 38.6. The molecule has 2 aromatic heterocycles. The van der Waals surface area contributed by atoms with Gasteiger partial charge >= 0.3 is 6.09 Å². The molecule has 10 nitrogen and oxygen atoms in total. The number of ether oxygens (including phenoxy) is 2. The number of aromatic amines is 1. The lowest BCUT2D eigenvalue weighted by molar-refractivity contribution is 0.0591. The first kappa shape index (κ1) is 22.5. The largest absolute Gasteiger partial charge is 0.492 e. The molecule has 2 fully saturated rings. The molecule has 0 aliphatic carbocycles. The van der Waals surface area contributed by atoms with Gasteiger partial charge in [0.1, 0.15) is 11.0 Å². The molecule has 0 unspecified atom stereocenters. The number of piperidine rings is 1. The zero-order chi connectivity index (χ0) is 22.7. The van der Waals surface area contributed by atoms with Crippen LogP contribution in [0.5, 0.6) is 5.75 Å². The van der Waals surface area contributed by atoms with Crippen molar-refractivity contribution in [3.8, 4) is 17.1 Å². The van der Waals surface area contributed by atoms with E-state index in [9.17, 15) is 13.2 Å². The Morgan fingerprint density at radius 3 is 2.72 bits per heavy atom. The van der Waals surface area contributed by atoms with Gasteiger partial charge < -0.3 is 14.4 Å². The second kappa shape index (κ2) is 9.45. The minimum absolute atomic E-state index is 0.105. The number of aromatic nitrogens is 3. The first-order valence-electron chi connectivity index (χ1n) is 10.9. The molecular formula is C21H29N5O5S. The second-order valence-corrected chi connectivity index (χ2v) is 10.7. The van der Waals surface area contributed by atoms with Crippen LogP contribution in [0.2, 0.25) is 0 Å². The van der Waals surface area contributed by atoms with Gasteiger partial charge in [-0.25, -0.2) is 17.5 Å². The maximum Gasteiger partial charge on any atom is 0.410 e. The number of likely N-dealkylation sites (tertiary alicyclic amines) is 1. The summed E-state index contributed by atoms with van der Waals surface area (Å²) in [7, 11) is -3.46. The average Bonchev–Trinajstić information content (AvgIpc) is 3.26. The van der Waals surface area contributed by atoms with Crippen molar-refractivity contribution in [2.45, 2.75) is 38.0 Å². The van der Waals surface area contributed by atoms with Crippen LogP contribution in [0.25, 0.3) is 11.4 Å². The first-order chi connectivity index (χ1) is 15.3. The highest BCUT2D eigenvalue weighted by atomic mass is 32.2. The summed E-state index contributed by atoms with van der Waals surface area (Å²) >= 11 is 0. The Morgan fingerprint density at radius 2 is 2.06 bits per heavy atom. The van der Waals surface area contributed by atoms with E-state index in [1.165, 1.54) is 4.90 Å². The van der Waals surface area contributed by atoms with Gasteiger partial charge in [0, 0.05) is 38.3 Å². The second-order valence-electron chi connectivity index (χ2n) is 8.53. The predicted molar refractivity (Wildman–Crippen MR) is 118 cm³/mol. The molecule has 1 amide bonds. The molecule has 0 bridgehead atoms. The first-order valence-corrected chi connectivity index (χ1v) is 12.4. The number of carbonyl (C=O) groups excluding carboxylic acids is 1. The molecule has 174 valence electrons. The summed E-state index contributed by atoms with van der Waals surface area (Å²) in [5.74, 6) is 0.749. The van der Waals surface area contributed by atoms with Gasteiger partial charge in [-0.05, 0) is 44.9 Å². The van der Waals surface area contributed by atoms with Gasteiger partial charge in [0.15, 0.2) is 0 Å². The number of carbonyl (C=O) groups is 1. The SMILES string of the molecule is CC(C)OC(=O)N1CC(S(=O)(=O)N2CCC[C@@H](COc3ccc(-c4ccn[nH]4)nc3)C2)C1. The number of sulfonamides is 1. The van der Waals surface area contributed by atoms with Crippen LogP contribution in [-0.4, -0.2) is 83.0 Å². The molecule has 32 heavy (non-hydrogen) atoms. The van der Waals surface area contributed by atoms with Crippen LogP contribution in [-0.2, 0) is 14.8 Å². The molecule has 0 radical (unpaired) electrons. The Bertz CT molecular complexity index is 1000. The Kier molecular flexibility index (Phi) is 6.66. The zero-order valence-electron chi connectivity index (χ0n) is 18.3. The topological polar surface area (TPSA) is 118 Å². The van der Waals surface area contributed by atoms with Crippen molar-refractivity contribution in [1.29, 1.82) is 0 Å². The summed E-state index contributed by atoms with van der Waals surface area (Å²) in [5.41, 5.74) is 1.60. The van der Waals surface area contributed by atoms with Crippen molar-refractivity contribution in [2.24, 2.45) is 5.92 Å². The number of nitrogens with zero attached hydrogens (tertiary/aromatic N) is 4. The van der Waals surface area contributed by atoms with Crippen LogP contribution in [0.4, 0.5) is 4.79 Å². The summed E-state index contributed by atoms with van der Waals surface area (Å²) in [4.78, 5) is 17.7. The molecule has 0 saturated carbocycles. The minimum Gasteiger partial charge on any atom is -0.492 e. The Balaban J connectivity index is 1.27. The van der Waals surface area contributed by atoms with Crippen LogP contribution in [0.1, 0.15) is 26.7 Å². The maximum absolute atomic E-state index is 13.0. The van der Waals surface area contributed by atoms with Gasteiger partial charge in [0.2, 0.25) is 10.0 Å². The monoisotopic (exact) mass is 463 g/mol. The number of nitrogens with one attached hydrogen (secondary N) is 1. The number of rotatable bonds is 7. The summed E-state index contributed by atoms with van der Waals surface area (Å²) in [5, 5.41) is 6.21. The van der Waals surface area contributed by atoms with Gasteiger partial charge in [-0.1, -0.05) is 0 Å². The lowest BCUT2D eigenvalue weighted by Crippen LogP contribution is -2.61. The standard InChI is InChI=1S/C21H29N5O5S/c1-15(2)31-21(27)25-12-18(13-25)32(28,29)26-9-3-4-16(11-26)14-30-17-5-6-19(22-10-17)20-7-8-23-24-20/h5-8,10,15-16,18H,3-4,9,11-14H2,1-2H3,(H,23,24)/t16-/m1/s1. The van der Waals surface area contributed by atoms with E-state index in [0.29, 0.717) is 25.4 Å². The molecule has 4 rings (SSSR count). The summed E-state index contributed by atoms with van der Waals surface area (Å²) in [6.45, 7) is 5.26. The smallest absolute Gasteiger partial charge is 0.410 e. The predicted octanol–water partition coefficient (Wildman–Crippen LogP) is 2.12. The van der Waals surface area contributed by atoms with E-state index in [4.69, 9.17) is 9.47 Å². The van der Waals surface area contributed by atoms with Crippen molar-refractivity contribution < 1.29 is 22.7 Å². The molecule has 1 atom stereocenters. The maximum atomic E-state index is 13.0. The van der Waals surface area contributed by atoms with E-state index in [2.05, 4.69) is 15.2 Å². The molecule has 2 aliphatic rings. The third-order valence-electron chi connectivity index (χ3n) is 5.70. The zero-order valence-corrected chi connectivity index (χ0v) is 19.1. The van der Waals surface area contributed by atoms with Gasteiger partial charge in [-0.2, -0.15) is 5.10 Å².